The summed E-state index contributed by atoms with van der Waals surface area (Å²) in [6.45, 7) is -0.0468. The summed E-state index contributed by atoms with van der Waals surface area (Å²) in [6.07, 6.45) is 0. The van der Waals surface area contributed by atoms with Crippen molar-refractivity contribution in [2.24, 2.45) is 0 Å². The second kappa shape index (κ2) is 8.73. The summed E-state index contributed by atoms with van der Waals surface area (Å²) in [7, 11) is 0. The summed E-state index contributed by atoms with van der Waals surface area (Å²) in [5.41, 5.74) is 6.37. The third kappa shape index (κ3) is 4.99. The molecule has 136 valence electrons. The van der Waals surface area contributed by atoms with Crippen LogP contribution >= 0.6 is 11.8 Å². The van der Waals surface area contributed by atoms with Crippen LogP contribution in [0.4, 0.5) is 11.6 Å². The number of nitrogens with zero attached hydrogens (tertiary/aromatic N) is 4. The number of para-hydroxylation sites is 1. The van der Waals surface area contributed by atoms with Gasteiger partial charge < -0.3 is 15.8 Å². The van der Waals surface area contributed by atoms with Crippen molar-refractivity contribution < 1.29 is 9.53 Å². The molecule has 0 fully saturated rings. The number of ether oxygens (including phenoxy) is 1. The van der Waals surface area contributed by atoms with E-state index in [1.165, 1.54) is 16.3 Å². The average Bonchev–Trinajstić information content (AvgIpc) is 3.02. The molecule has 0 radical (unpaired) electrons. The molecule has 27 heavy (non-hydrogen) atoms. The van der Waals surface area contributed by atoms with E-state index >= 15 is 0 Å². The maximum Gasteiger partial charge on any atom is 0.244 e. The van der Waals surface area contributed by atoms with Gasteiger partial charge in [0.05, 0.1) is 11.8 Å². The maximum atomic E-state index is 12.3. The van der Waals surface area contributed by atoms with Gasteiger partial charge in [-0.3, -0.25) is 9.36 Å². The number of rotatable bonds is 7. The van der Waals surface area contributed by atoms with Gasteiger partial charge in [0.15, 0.2) is 5.16 Å². The Hall–Kier alpha value is -3.51. The number of nitrogens with one attached hydrogen (secondary N) is 1. The summed E-state index contributed by atoms with van der Waals surface area (Å²) in [6, 6.07) is 18.5. The van der Waals surface area contributed by atoms with Gasteiger partial charge in [0, 0.05) is 5.69 Å². The molecule has 0 bridgehead atoms. The molecule has 1 heterocycles. The minimum absolute atomic E-state index is 0.0468. The fourth-order valence-electron chi connectivity index (χ4n) is 2.23. The van der Waals surface area contributed by atoms with E-state index in [1.54, 1.807) is 24.3 Å². The second-order valence-electron chi connectivity index (χ2n) is 5.36. The molecule has 1 aromatic heterocycles. The normalized spacial score (nSPS) is 10.2. The SMILES string of the molecule is N#CCSc1nnc(N)n1CC(=O)Nc1ccc(Oc2ccccc2)cc1. The van der Waals surface area contributed by atoms with E-state index < -0.39 is 0 Å². The molecule has 0 saturated heterocycles. The number of thioether (sulfide) groups is 1. The Morgan fingerprint density at radius 3 is 2.56 bits per heavy atom. The molecule has 9 heteroatoms. The molecule has 3 aromatic rings. The molecule has 3 rings (SSSR count). The molecule has 3 N–H and O–H groups in total. The Morgan fingerprint density at radius 2 is 1.85 bits per heavy atom. The van der Waals surface area contributed by atoms with Gasteiger partial charge in [0.1, 0.15) is 18.0 Å². The van der Waals surface area contributed by atoms with Gasteiger partial charge >= 0.3 is 0 Å². The Bertz CT molecular complexity index is 950. The minimum atomic E-state index is -0.281. The number of nitrogen functional groups attached to an aromatic ring is 1. The fraction of sp³-hybridized carbons (Fsp3) is 0.111. The van der Waals surface area contributed by atoms with Crippen molar-refractivity contribution in [3.63, 3.8) is 0 Å². The Morgan fingerprint density at radius 1 is 1.15 bits per heavy atom. The third-order valence-electron chi connectivity index (χ3n) is 3.43. The molecule has 8 nitrogen and oxygen atoms in total. The smallest absolute Gasteiger partial charge is 0.244 e. The number of hydrogen-bond acceptors (Lipinski definition) is 7. The minimum Gasteiger partial charge on any atom is -0.457 e. The van der Waals surface area contributed by atoms with Crippen LogP contribution in [0, 0.1) is 11.3 Å². The molecule has 0 spiro atoms. The van der Waals surface area contributed by atoms with Crippen LogP contribution in [-0.2, 0) is 11.3 Å². The summed E-state index contributed by atoms with van der Waals surface area (Å²) in [5.74, 6) is 1.44. The lowest BCUT2D eigenvalue weighted by atomic mass is 10.3. The lowest BCUT2D eigenvalue weighted by Crippen LogP contribution is -2.20. The molecule has 0 aliphatic carbocycles. The number of carbonyl (C=O) groups excluding carboxylic acids is 1. The van der Waals surface area contributed by atoms with Crippen LogP contribution in [-0.4, -0.2) is 26.4 Å². The zero-order valence-electron chi connectivity index (χ0n) is 14.2. The van der Waals surface area contributed by atoms with Crippen molar-refractivity contribution in [2.75, 3.05) is 16.8 Å². The van der Waals surface area contributed by atoms with Crippen molar-refractivity contribution in [1.29, 1.82) is 5.26 Å². The van der Waals surface area contributed by atoms with Gasteiger partial charge in [-0.1, -0.05) is 30.0 Å². The molecule has 0 aliphatic rings. The van der Waals surface area contributed by atoms with Crippen LogP contribution < -0.4 is 15.8 Å². The van der Waals surface area contributed by atoms with Gasteiger partial charge in [-0.2, -0.15) is 5.26 Å². The maximum absolute atomic E-state index is 12.3. The highest BCUT2D eigenvalue weighted by atomic mass is 32.2. The number of anilines is 2. The van der Waals surface area contributed by atoms with E-state index in [0.29, 0.717) is 16.6 Å². The van der Waals surface area contributed by atoms with E-state index in [4.69, 9.17) is 15.7 Å². The number of hydrogen-bond donors (Lipinski definition) is 2. The first-order valence-electron chi connectivity index (χ1n) is 7.97. The fourth-order valence-corrected chi connectivity index (χ4v) is 2.83. The highest BCUT2D eigenvalue weighted by Crippen LogP contribution is 2.23. The quantitative estimate of drug-likeness (QED) is 0.605. The number of nitrogens with two attached hydrogens (primary N) is 1. The van der Waals surface area contributed by atoms with Crippen LogP contribution in [0.5, 0.6) is 11.5 Å². The van der Waals surface area contributed by atoms with Crippen molar-refractivity contribution in [1.82, 2.24) is 14.8 Å². The topological polar surface area (TPSA) is 119 Å². The number of aromatic nitrogens is 3. The van der Waals surface area contributed by atoms with E-state index in [2.05, 4.69) is 15.5 Å². The first-order valence-corrected chi connectivity index (χ1v) is 8.95. The van der Waals surface area contributed by atoms with Gasteiger partial charge in [0.25, 0.3) is 0 Å². The van der Waals surface area contributed by atoms with E-state index in [-0.39, 0.29) is 24.2 Å². The van der Waals surface area contributed by atoms with Crippen LogP contribution in [0.1, 0.15) is 0 Å². The Labute approximate surface area is 160 Å². The molecule has 2 aromatic carbocycles. The summed E-state index contributed by atoms with van der Waals surface area (Å²) >= 11 is 1.17. The summed E-state index contributed by atoms with van der Waals surface area (Å²) in [4.78, 5) is 12.3. The number of nitriles is 1. The van der Waals surface area contributed by atoms with Crippen LogP contribution in [0.25, 0.3) is 0 Å². The first-order chi connectivity index (χ1) is 13.2. The van der Waals surface area contributed by atoms with Crippen molar-refractivity contribution >= 4 is 29.3 Å². The van der Waals surface area contributed by atoms with Crippen molar-refractivity contribution in [2.45, 2.75) is 11.7 Å². The van der Waals surface area contributed by atoms with E-state index in [0.717, 1.165) is 5.75 Å². The lowest BCUT2D eigenvalue weighted by Gasteiger charge is -2.09. The summed E-state index contributed by atoms with van der Waals surface area (Å²) < 4.78 is 7.18. The largest absolute Gasteiger partial charge is 0.457 e. The molecule has 0 unspecified atom stereocenters. The second-order valence-corrected chi connectivity index (χ2v) is 6.30. The van der Waals surface area contributed by atoms with Crippen molar-refractivity contribution in [3.05, 3.63) is 54.6 Å². The average molecular weight is 380 g/mol. The Kier molecular flexibility index (Phi) is 5.91. The number of benzene rings is 2. The molecular weight excluding hydrogens is 364 g/mol. The van der Waals surface area contributed by atoms with Crippen molar-refractivity contribution in [3.8, 4) is 17.6 Å². The van der Waals surface area contributed by atoms with Gasteiger partial charge in [-0.15, -0.1) is 10.2 Å². The highest BCUT2D eigenvalue weighted by Gasteiger charge is 2.13. The zero-order chi connectivity index (χ0) is 19.1. The molecular formula is C18H16N6O2S. The van der Waals surface area contributed by atoms with Crippen LogP contribution in [0.3, 0.4) is 0 Å². The first kappa shape index (κ1) is 18.3. The molecule has 0 atom stereocenters. The van der Waals surface area contributed by atoms with Crippen LogP contribution in [0.2, 0.25) is 0 Å². The number of amides is 1. The third-order valence-corrected chi connectivity index (χ3v) is 4.26. The standard InChI is InChI=1S/C18H16N6O2S/c19-10-11-27-18-23-22-17(20)24(18)12-16(25)21-13-6-8-15(9-7-13)26-14-4-2-1-3-5-14/h1-9H,11-12H2,(H2,20,22)(H,21,25). The monoisotopic (exact) mass is 380 g/mol. The Balaban J connectivity index is 1.60. The van der Waals surface area contributed by atoms with E-state index in [9.17, 15) is 4.79 Å². The van der Waals surface area contributed by atoms with E-state index in [1.807, 2.05) is 36.4 Å². The van der Waals surface area contributed by atoms with Gasteiger partial charge in [-0.05, 0) is 36.4 Å². The zero-order valence-corrected chi connectivity index (χ0v) is 15.0. The molecule has 0 saturated carbocycles. The summed E-state index contributed by atoms with van der Waals surface area (Å²) in [5, 5.41) is 19.5. The molecule has 1 amide bonds. The van der Waals surface area contributed by atoms with Gasteiger partial charge in [0.2, 0.25) is 11.9 Å². The lowest BCUT2D eigenvalue weighted by molar-refractivity contribution is -0.116. The predicted molar refractivity (Wildman–Crippen MR) is 102 cm³/mol. The van der Waals surface area contributed by atoms with Crippen LogP contribution in [0.15, 0.2) is 59.8 Å². The predicted octanol–water partition coefficient (Wildman–Crippen LogP) is 2.91. The molecule has 0 aliphatic heterocycles. The van der Waals surface area contributed by atoms with Gasteiger partial charge in [-0.25, -0.2) is 0 Å². The number of carbonyl (C=O) groups is 1. The highest BCUT2D eigenvalue weighted by molar-refractivity contribution is 7.99.